The Morgan fingerprint density at radius 1 is 1.19 bits per heavy atom. The quantitative estimate of drug-likeness (QED) is 0.599. The summed E-state index contributed by atoms with van der Waals surface area (Å²) in [5, 5.41) is 9.29. The number of hydrogen-bond acceptors (Lipinski definition) is 5. The van der Waals surface area contributed by atoms with Crippen molar-refractivity contribution in [1.29, 1.82) is 5.26 Å². The van der Waals surface area contributed by atoms with Crippen LogP contribution in [0.1, 0.15) is 44.2 Å². The molecule has 2 rings (SSSR count). The molecule has 144 valence electrons. The van der Waals surface area contributed by atoms with E-state index in [1.807, 2.05) is 6.92 Å². The van der Waals surface area contributed by atoms with Crippen molar-refractivity contribution in [1.82, 2.24) is 9.97 Å². The average Bonchev–Trinajstić information content (AvgIpc) is 2.65. The van der Waals surface area contributed by atoms with Gasteiger partial charge in [-0.15, -0.1) is 0 Å². The maximum absolute atomic E-state index is 13.3. The minimum Gasteiger partial charge on any atom is -0.477 e. The van der Waals surface area contributed by atoms with Crippen LogP contribution in [0.25, 0.3) is 0 Å². The highest BCUT2D eigenvalue weighted by atomic mass is 19.4. The molecular formula is C19H21F3N4O. The van der Waals surface area contributed by atoms with Crippen molar-refractivity contribution in [3.05, 3.63) is 41.6 Å². The number of anilines is 2. The molecule has 0 atom stereocenters. The molecule has 1 aromatic carbocycles. The first-order valence-electron chi connectivity index (χ1n) is 8.76. The van der Waals surface area contributed by atoms with Crippen LogP contribution in [-0.4, -0.2) is 23.1 Å². The third-order valence-corrected chi connectivity index (χ3v) is 3.91. The van der Waals surface area contributed by atoms with E-state index in [-0.39, 0.29) is 12.6 Å². The molecule has 1 heterocycles. The maximum Gasteiger partial charge on any atom is 0.423 e. The Morgan fingerprint density at radius 3 is 2.56 bits per heavy atom. The predicted molar refractivity (Wildman–Crippen MR) is 95.9 cm³/mol. The third kappa shape index (κ3) is 5.09. The Kier molecular flexibility index (Phi) is 6.99. The first kappa shape index (κ1) is 20.5. The average molecular weight is 378 g/mol. The first-order valence-corrected chi connectivity index (χ1v) is 8.76. The number of ether oxygens (including phenoxy) is 1. The smallest absolute Gasteiger partial charge is 0.423 e. The largest absolute Gasteiger partial charge is 0.477 e. The number of para-hydroxylation sites is 1. The Bertz CT molecular complexity index is 802. The fraction of sp³-hybridized carbons (Fsp3) is 0.421. The van der Waals surface area contributed by atoms with E-state index in [0.29, 0.717) is 24.2 Å². The number of unbranched alkanes of at least 4 members (excludes halogenated alkanes) is 2. The van der Waals surface area contributed by atoms with Crippen molar-refractivity contribution < 1.29 is 17.9 Å². The van der Waals surface area contributed by atoms with Crippen LogP contribution in [0.5, 0.6) is 5.88 Å². The fourth-order valence-electron chi connectivity index (χ4n) is 2.54. The highest BCUT2D eigenvalue weighted by Gasteiger charge is 2.36. The van der Waals surface area contributed by atoms with E-state index in [4.69, 9.17) is 4.74 Å². The minimum absolute atomic E-state index is 0.0543. The molecule has 0 aliphatic heterocycles. The standard InChI is InChI=1S/C19H21F3N4O/c1-3-5-8-11-27-17-15(19(20,21)22)13-24-18(25-17)26(4-2)16-10-7-6-9-14(16)12-23/h6-7,9-10,13H,3-5,8,11H2,1-2H3. The number of nitrogens with zero attached hydrogens (tertiary/aromatic N) is 4. The van der Waals surface area contributed by atoms with E-state index in [1.165, 1.54) is 0 Å². The van der Waals surface area contributed by atoms with Crippen molar-refractivity contribution in [3.8, 4) is 11.9 Å². The summed E-state index contributed by atoms with van der Waals surface area (Å²) in [4.78, 5) is 9.48. The molecule has 0 spiro atoms. The lowest BCUT2D eigenvalue weighted by Crippen LogP contribution is -2.21. The summed E-state index contributed by atoms with van der Waals surface area (Å²) >= 11 is 0. The monoisotopic (exact) mass is 378 g/mol. The first-order chi connectivity index (χ1) is 12.9. The number of alkyl halides is 3. The Balaban J connectivity index is 2.42. The van der Waals surface area contributed by atoms with Gasteiger partial charge in [0.15, 0.2) is 0 Å². The van der Waals surface area contributed by atoms with Crippen LogP contribution in [0.2, 0.25) is 0 Å². The summed E-state index contributed by atoms with van der Waals surface area (Å²) in [6, 6.07) is 8.85. The van der Waals surface area contributed by atoms with Gasteiger partial charge in [-0.25, -0.2) is 4.98 Å². The van der Waals surface area contributed by atoms with Crippen LogP contribution in [0.15, 0.2) is 30.5 Å². The van der Waals surface area contributed by atoms with Gasteiger partial charge in [0.1, 0.15) is 11.6 Å². The fourth-order valence-corrected chi connectivity index (χ4v) is 2.54. The van der Waals surface area contributed by atoms with Crippen molar-refractivity contribution >= 4 is 11.6 Å². The van der Waals surface area contributed by atoms with Gasteiger partial charge in [0.05, 0.1) is 17.9 Å². The second-order valence-corrected chi connectivity index (χ2v) is 5.82. The zero-order valence-electron chi connectivity index (χ0n) is 15.3. The zero-order chi connectivity index (χ0) is 19.9. The molecule has 27 heavy (non-hydrogen) atoms. The molecule has 2 aromatic rings. The molecule has 1 aromatic heterocycles. The molecule has 0 bridgehead atoms. The van der Waals surface area contributed by atoms with E-state index < -0.39 is 17.6 Å². The van der Waals surface area contributed by atoms with E-state index >= 15 is 0 Å². The summed E-state index contributed by atoms with van der Waals surface area (Å²) in [5.74, 6) is -0.435. The van der Waals surface area contributed by atoms with Crippen molar-refractivity contribution in [2.24, 2.45) is 0 Å². The number of aromatic nitrogens is 2. The topological polar surface area (TPSA) is 62.0 Å². The van der Waals surface area contributed by atoms with Gasteiger partial charge in [-0.05, 0) is 25.5 Å². The van der Waals surface area contributed by atoms with Crippen LogP contribution in [0, 0.1) is 11.3 Å². The molecule has 0 fully saturated rings. The lowest BCUT2D eigenvalue weighted by molar-refractivity contribution is -0.139. The number of benzene rings is 1. The summed E-state index contributed by atoms with van der Waals surface area (Å²) in [6.45, 7) is 4.32. The molecule has 0 amide bonds. The second-order valence-electron chi connectivity index (χ2n) is 5.82. The highest BCUT2D eigenvalue weighted by molar-refractivity contribution is 5.65. The van der Waals surface area contributed by atoms with Crippen molar-refractivity contribution in [2.75, 3.05) is 18.1 Å². The zero-order valence-corrected chi connectivity index (χ0v) is 15.3. The molecule has 0 aliphatic carbocycles. The summed E-state index contributed by atoms with van der Waals surface area (Å²) in [6.07, 6.45) is -1.45. The second kappa shape index (κ2) is 9.21. The van der Waals surface area contributed by atoms with Gasteiger partial charge in [0.2, 0.25) is 11.8 Å². The van der Waals surface area contributed by atoms with Gasteiger partial charge in [-0.2, -0.15) is 23.4 Å². The molecular weight excluding hydrogens is 357 g/mol. The third-order valence-electron chi connectivity index (χ3n) is 3.91. The Morgan fingerprint density at radius 2 is 1.93 bits per heavy atom. The Labute approximate surface area is 156 Å². The summed E-state index contributed by atoms with van der Waals surface area (Å²) in [5.41, 5.74) is -0.0974. The number of halogens is 3. The number of hydrogen-bond donors (Lipinski definition) is 0. The van der Waals surface area contributed by atoms with Crippen LogP contribution in [0.3, 0.4) is 0 Å². The molecule has 0 aliphatic rings. The maximum atomic E-state index is 13.3. The number of nitriles is 1. The Hall–Kier alpha value is -2.82. The SMILES string of the molecule is CCCCCOc1nc(N(CC)c2ccccc2C#N)ncc1C(F)(F)F. The summed E-state index contributed by atoms with van der Waals surface area (Å²) in [7, 11) is 0. The van der Waals surface area contributed by atoms with Crippen LogP contribution in [0.4, 0.5) is 24.8 Å². The highest BCUT2D eigenvalue weighted by Crippen LogP contribution is 2.36. The lowest BCUT2D eigenvalue weighted by Gasteiger charge is -2.23. The van der Waals surface area contributed by atoms with E-state index in [9.17, 15) is 18.4 Å². The summed E-state index contributed by atoms with van der Waals surface area (Å²) < 4.78 is 45.1. The lowest BCUT2D eigenvalue weighted by atomic mass is 10.2. The van der Waals surface area contributed by atoms with Gasteiger partial charge < -0.3 is 9.64 Å². The molecule has 0 N–H and O–H groups in total. The van der Waals surface area contributed by atoms with Gasteiger partial charge in [-0.3, -0.25) is 0 Å². The van der Waals surface area contributed by atoms with Crippen LogP contribution in [-0.2, 0) is 6.18 Å². The van der Waals surface area contributed by atoms with Gasteiger partial charge in [0.25, 0.3) is 0 Å². The molecule has 5 nitrogen and oxygen atoms in total. The molecule has 0 saturated heterocycles. The van der Waals surface area contributed by atoms with Crippen molar-refractivity contribution in [3.63, 3.8) is 0 Å². The number of rotatable bonds is 8. The molecule has 0 unspecified atom stereocenters. The van der Waals surface area contributed by atoms with Gasteiger partial charge in [0, 0.05) is 12.7 Å². The van der Waals surface area contributed by atoms with Gasteiger partial charge >= 0.3 is 6.18 Å². The molecule has 0 saturated carbocycles. The van der Waals surface area contributed by atoms with E-state index in [2.05, 4.69) is 16.0 Å². The van der Waals surface area contributed by atoms with E-state index in [1.54, 1.807) is 36.1 Å². The molecule has 8 heteroatoms. The normalized spacial score (nSPS) is 11.1. The van der Waals surface area contributed by atoms with Gasteiger partial charge in [-0.1, -0.05) is 31.9 Å². The minimum atomic E-state index is -4.61. The molecule has 0 radical (unpaired) electrons. The van der Waals surface area contributed by atoms with Crippen LogP contribution < -0.4 is 9.64 Å². The van der Waals surface area contributed by atoms with E-state index in [0.717, 1.165) is 19.0 Å². The predicted octanol–water partition coefficient (Wildman–Crippen LogP) is 5.09. The van der Waals surface area contributed by atoms with Crippen LogP contribution >= 0.6 is 0 Å². The van der Waals surface area contributed by atoms with Crippen molar-refractivity contribution in [2.45, 2.75) is 39.3 Å².